The van der Waals surface area contributed by atoms with Crippen molar-refractivity contribution in [2.75, 3.05) is 10.6 Å². The highest BCUT2D eigenvalue weighted by atomic mass is 19.1. The Kier molecular flexibility index (Phi) is 5.62. The molecule has 3 aromatic rings. The number of rotatable bonds is 6. The second kappa shape index (κ2) is 8.50. The van der Waals surface area contributed by atoms with Crippen molar-refractivity contribution in [3.63, 3.8) is 0 Å². The van der Waals surface area contributed by atoms with E-state index in [1.54, 1.807) is 12.4 Å². The van der Waals surface area contributed by atoms with Crippen LogP contribution >= 0.6 is 0 Å². The van der Waals surface area contributed by atoms with Gasteiger partial charge >= 0.3 is 0 Å². The molecule has 1 aliphatic carbocycles. The summed E-state index contributed by atoms with van der Waals surface area (Å²) >= 11 is 0. The maximum absolute atomic E-state index is 14.6. The van der Waals surface area contributed by atoms with Crippen molar-refractivity contribution < 1.29 is 9.18 Å². The number of hydrogen-bond acceptors (Lipinski definition) is 6. The van der Waals surface area contributed by atoms with E-state index in [4.69, 9.17) is 11.5 Å². The van der Waals surface area contributed by atoms with Crippen molar-refractivity contribution in [1.82, 2.24) is 14.5 Å². The molecule has 30 heavy (non-hydrogen) atoms. The van der Waals surface area contributed by atoms with Crippen molar-refractivity contribution >= 4 is 23.2 Å². The Labute approximate surface area is 173 Å². The summed E-state index contributed by atoms with van der Waals surface area (Å²) in [5.41, 5.74) is 13.0. The normalized spacial score (nSPS) is 18.7. The lowest BCUT2D eigenvalue weighted by Crippen LogP contribution is -2.43. The molecule has 2 atom stereocenters. The van der Waals surface area contributed by atoms with E-state index >= 15 is 0 Å². The van der Waals surface area contributed by atoms with Gasteiger partial charge in [-0.1, -0.05) is 12.8 Å². The average molecular weight is 409 g/mol. The van der Waals surface area contributed by atoms with Crippen LogP contribution < -0.4 is 22.1 Å². The molecule has 6 N–H and O–H groups in total. The molecule has 4 rings (SSSR count). The summed E-state index contributed by atoms with van der Waals surface area (Å²) in [6.07, 6.45) is 10.9. The Bertz CT molecular complexity index is 1040. The third kappa shape index (κ3) is 4.25. The van der Waals surface area contributed by atoms with Gasteiger partial charge in [0.1, 0.15) is 5.82 Å². The highest BCUT2D eigenvalue weighted by Crippen LogP contribution is 2.27. The van der Waals surface area contributed by atoms with Crippen molar-refractivity contribution in [3.05, 3.63) is 60.4 Å². The van der Waals surface area contributed by atoms with Crippen molar-refractivity contribution in [2.24, 2.45) is 11.5 Å². The van der Waals surface area contributed by atoms with Gasteiger partial charge in [-0.3, -0.25) is 9.78 Å². The monoisotopic (exact) mass is 409 g/mol. The van der Waals surface area contributed by atoms with E-state index in [0.717, 1.165) is 37.4 Å². The molecule has 9 heteroatoms. The number of nitrogens with two attached hydrogens (primary N) is 2. The van der Waals surface area contributed by atoms with Gasteiger partial charge in [-0.05, 0) is 37.1 Å². The van der Waals surface area contributed by atoms with Crippen LogP contribution in [0.2, 0.25) is 0 Å². The van der Waals surface area contributed by atoms with Crippen LogP contribution in [0.3, 0.4) is 0 Å². The number of nitrogens with one attached hydrogen (secondary N) is 2. The predicted octanol–water partition coefficient (Wildman–Crippen LogP) is 2.93. The minimum absolute atomic E-state index is 0.0411. The zero-order chi connectivity index (χ0) is 21.1. The molecule has 1 fully saturated rings. The number of anilines is 3. The quantitative estimate of drug-likeness (QED) is 0.496. The molecular formula is C21H24FN7O. The molecule has 8 nitrogen and oxygen atoms in total. The Morgan fingerprint density at radius 1 is 1.13 bits per heavy atom. The summed E-state index contributed by atoms with van der Waals surface area (Å²) in [5, 5.41) is 6.15. The molecule has 3 aromatic heterocycles. The SMILES string of the molecule is NC(=O)c1cc(F)c(NC2CCCCC2N)nc1Nc1cncc(-n2cccc2)c1. The van der Waals surface area contributed by atoms with Crippen LogP contribution in [0.5, 0.6) is 0 Å². The Balaban J connectivity index is 1.64. The van der Waals surface area contributed by atoms with Gasteiger partial charge in [-0.15, -0.1) is 0 Å². The lowest BCUT2D eigenvalue weighted by molar-refractivity contribution is 0.100. The fourth-order valence-corrected chi connectivity index (χ4v) is 3.67. The van der Waals surface area contributed by atoms with Crippen molar-refractivity contribution in [3.8, 4) is 5.69 Å². The van der Waals surface area contributed by atoms with Crippen LogP contribution in [0.4, 0.5) is 21.7 Å². The van der Waals surface area contributed by atoms with E-state index in [0.29, 0.717) is 5.69 Å². The highest BCUT2D eigenvalue weighted by molar-refractivity contribution is 5.98. The minimum Gasteiger partial charge on any atom is -0.365 e. The van der Waals surface area contributed by atoms with E-state index in [1.165, 1.54) is 0 Å². The third-order valence-electron chi connectivity index (χ3n) is 5.27. The second-order valence-electron chi connectivity index (χ2n) is 7.43. The first-order chi connectivity index (χ1) is 14.5. The van der Waals surface area contributed by atoms with E-state index in [2.05, 4.69) is 20.6 Å². The molecule has 0 aliphatic heterocycles. The topological polar surface area (TPSA) is 124 Å². The molecule has 1 saturated carbocycles. The highest BCUT2D eigenvalue weighted by Gasteiger charge is 2.24. The van der Waals surface area contributed by atoms with Crippen LogP contribution in [-0.4, -0.2) is 32.5 Å². The average Bonchev–Trinajstić information content (AvgIpc) is 3.27. The number of primary amides is 1. The van der Waals surface area contributed by atoms with Gasteiger partial charge in [0, 0.05) is 24.5 Å². The summed E-state index contributed by atoms with van der Waals surface area (Å²) in [6.45, 7) is 0. The first kappa shape index (κ1) is 19.8. The summed E-state index contributed by atoms with van der Waals surface area (Å²) in [5.74, 6) is -1.23. The number of halogens is 1. The number of carbonyl (C=O) groups is 1. The molecule has 0 radical (unpaired) electrons. The minimum atomic E-state index is -0.778. The molecule has 0 aromatic carbocycles. The Morgan fingerprint density at radius 3 is 2.63 bits per heavy atom. The summed E-state index contributed by atoms with van der Waals surface area (Å²) in [7, 11) is 0. The fourth-order valence-electron chi connectivity index (χ4n) is 3.67. The molecule has 0 spiro atoms. The van der Waals surface area contributed by atoms with Crippen LogP contribution in [0.15, 0.2) is 49.1 Å². The largest absolute Gasteiger partial charge is 0.365 e. The number of amides is 1. The molecule has 0 saturated heterocycles. The lowest BCUT2D eigenvalue weighted by atomic mass is 9.91. The molecule has 2 unspecified atom stereocenters. The van der Waals surface area contributed by atoms with Crippen molar-refractivity contribution in [1.29, 1.82) is 0 Å². The summed E-state index contributed by atoms with van der Waals surface area (Å²) in [6, 6.07) is 6.59. The van der Waals surface area contributed by atoms with Gasteiger partial charge in [0.25, 0.3) is 5.91 Å². The van der Waals surface area contributed by atoms with E-state index in [-0.39, 0.29) is 29.3 Å². The Hall–Kier alpha value is -3.46. The first-order valence-electron chi connectivity index (χ1n) is 9.89. The van der Waals surface area contributed by atoms with Gasteiger partial charge < -0.3 is 26.7 Å². The van der Waals surface area contributed by atoms with Crippen LogP contribution in [0.1, 0.15) is 36.0 Å². The molecule has 3 heterocycles. The molecule has 156 valence electrons. The number of pyridine rings is 2. The fraction of sp³-hybridized carbons (Fsp3) is 0.286. The number of aromatic nitrogens is 3. The van der Waals surface area contributed by atoms with Crippen LogP contribution in [0, 0.1) is 5.82 Å². The zero-order valence-corrected chi connectivity index (χ0v) is 16.4. The predicted molar refractivity (Wildman–Crippen MR) is 113 cm³/mol. The van der Waals surface area contributed by atoms with E-state index < -0.39 is 11.7 Å². The van der Waals surface area contributed by atoms with Gasteiger partial charge in [0.15, 0.2) is 11.6 Å². The maximum Gasteiger partial charge on any atom is 0.252 e. The summed E-state index contributed by atoms with van der Waals surface area (Å²) < 4.78 is 16.5. The summed E-state index contributed by atoms with van der Waals surface area (Å²) in [4.78, 5) is 20.4. The third-order valence-corrected chi connectivity index (χ3v) is 5.27. The molecular weight excluding hydrogens is 385 g/mol. The number of nitrogens with zero attached hydrogens (tertiary/aromatic N) is 3. The first-order valence-corrected chi connectivity index (χ1v) is 9.89. The Morgan fingerprint density at radius 2 is 1.90 bits per heavy atom. The maximum atomic E-state index is 14.6. The standard InChI is InChI=1S/C21H24FN7O/c22-16-10-15(19(24)30)20(28-21(16)27-18-6-2-1-5-17(18)23)26-13-9-14(12-25-11-13)29-7-3-4-8-29/h3-4,7-12,17-18H,1-2,5-6,23H2,(H2,24,30)(H2,26,27,28). The van der Waals surface area contributed by atoms with Gasteiger partial charge in [0.05, 0.1) is 29.3 Å². The molecule has 0 bridgehead atoms. The lowest BCUT2D eigenvalue weighted by Gasteiger charge is -2.30. The second-order valence-corrected chi connectivity index (χ2v) is 7.43. The van der Waals surface area contributed by atoms with Crippen LogP contribution in [0.25, 0.3) is 5.69 Å². The van der Waals surface area contributed by atoms with E-state index in [1.807, 2.05) is 35.2 Å². The number of carbonyl (C=O) groups excluding carboxylic acids is 1. The van der Waals surface area contributed by atoms with Gasteiger partial charge in [0.2, 0.25) is 0 Å². The zero-order valence-electron chi connectivity index (χ0n) is 16.4. The van der Waals surface area contributed by atoms with Crippen molar-refractivity contribution in [2.45, 2.75) is 37.8 Å². The smallest absolute Gasteiger partial charge is 0.252 e. The van der Waals surface area contributed by atoms with E-state index in [9.17, 15) is 9.18 Å². The number of hydrogen-bond donors (Lipinski definition) is 4. The van der Waals surface area contributed by atoms with Crippen LogP contribution in [-0.2, 0) is 0 Å². The molecule has 1 aliphatic rings. The molecule has 1 amide bonds. The van der Waals surface area contributed by atoms with Gasteiger partial charge in [-0.25, -0.2) is 9.37 Å². The van der Waals surface area contributed by atoms with Gasteiger partial charge in [-0.2, -0.15) is 0 Å².